The number of nitriles is 1. The van der Waals surface area contributed by atoms with E-state index >= 15 is 0 Å². The Kier molecular flexibility index (Phi) is 12.6. The molecule has 0 bridgehead atoms. The number of esters is 3. The quantitative estimate of drug-likeness (QED) is 0.0915. The standard InChI is InChI=1S/C33H43N6O10P/c1-7-8-16-44-32(42)22(6)38-50(43,49-23-12-10-9-11-13-23)45-18-33(17-34)28(47-31(41)21(4)5)27(46-30(40)20(2)3)26(48-33)24-14-15-25-29(35)36-19-37-39(24)25/h9-15,19-22,26-28H,7-8,16,18H2,1-6H3,(H,38,43)(H2,35,36,37)/t22-,26-,27-,28-,33+,50+/m0/s1. The molecule has 3 aromatic rings. The summed E-state index contributed by atoms with van der Waals surface area (Å²) in [6, 6.07) is 12.1. The molecule has 1 aliphatic heterocycles. The van der Waals surface area contributed by atoms with Crippen molar-refractivity contribution in [2.75, 3.05) is 18.9 Å². The molecule has 0 unspecified atom stereocenters. The number of carbonyl (C=O) groups is 3. The molecule has 4 rings (SSSR count). The number of hydrogen-bond acceptors (Lipinski definition) is 14. The molecule has 0 aliphatic carbocycles. The second-order valence-corrected chi connectivity index (χ2v) is 14.0. The van der Waals surface area contributed by atoms with Crippen molar-refractivity contribution >= 4 is 37.0 Å². The van der Waals surface area contributed by atoms with Gasteiger partial charge in [0, 0.05) is 0 Å². The second kappa shape index (κ2) is 16.4. The van der Waals surface area contributed by atoms with Gasteiger partial charge in [-0.2, -0.15) is 15.4 Å². The van der Waals surface area contributed by atoms with Crippen LogP contribution in [0.15, 0.2) is 48.8 Å². The molecule has 1 aromatic carbocycles. The number of nitrogens with zero attached hydrogens (tertiary/aromatic N) is 4. The number of anilines is 1. The number of aromatic nitrogens is 3. The van der Waals surface area contributed by atoms with Crippen LogP contribution in [0.2, 0.25) is 0 Å². The lowest BCUT2D eigenvalue weighted by molar-refractivity contribution is -0.173. The predicted molar refractivity (Wildman–Crippen MR) is 178 cm³/mol. The summed E-state index contributed by atoms with van der Waals surface area (Å²) in [7, 11) is -4.54. The Morgan fingerprint density at radius 3 is 2.38 bits per heavy atom. The van der Waals surface area contributed by atoms with Gasteiger partial charge in [0.25, 0.3) is 0 Å². The fraction of sp³-hybridized carbons (Fsp3) is 0.515. The first-order valence-corrected chi connectivity index (χ1v) is 17.8. The fourth-order valence-electron chi connectivity index (χ4n) is 4.88. The monoisotopic (exact) mass is 714 g/mol. The van der Waals surface area contributed by atoms with E-state index in [0.717, 1.165) is 6.42 Å². The number of benzene rings is 1. The van der Waals surface area contributed by atoms with Crippen LogP contribution < -0.4 is 15.3 Å². The van der Waals surface area contributed by atoms with Crippen molar-refractivity contribution in [1.29, 1.82) is 5.26 Å². The summed E-state index contributed by atoms with van der Waals surface area (Å²) in [6.07, 6.45) is -1.67. The zero-order chi connectivity index (χ0) is 36.6. The van der Waals surface area contributed by atoms with Crippen LogP contribution in [0.25, 0.3) is 5.52 Å². The molecule has 0 amide bonds. The number of nitrogens with one attached hydrogen (secondary N) is 1. The normalized spacial score (nSPS) is 22.1. The van der Waals surface area contributed by atoms with Gasteiger partial charge in [-0.25, -0.2) is 14.1 Å². The topological polar surface area (TPSA) is 216 Å². The highest BCUT2D eigenvalue weighted by Crippen LogP contribution is 2.50. The predicted octanol–water partition coefficient (Wildman–Crippen LogP) is 4.31. The minimum atomic E-state index is -4.54. The van der Waals surface area contributed by atoms with Gasteiger partial charge in [-0.1, -0.05) is 59.2 Å². The summed E-state index contributed by atoms with van der Waals surface area (Å²) in [5.74, 6) is -3.13. The van der Waals surface area contributed by atoms with E-state index in [1.165, 1.54) is 29.9 Å². The molecule has 0 spiro atoms. The van der Waals surface area contributed by atoms with E-state index in [9.17, 15) is 24.2 Å². The third kappa shape index (κ3) is 8.78. The molecule has 1 aliphatic rings. The maximum absolute atomic E-state index is 14.4. The smallest absolute Gasteiger partial charge is 0.459 e. The van der Waals surface area contributed by atoms with Crippen molar-refractivity contribution in [2.45, 2.75) is 84.3 Å². The summed E-state index contributed by atoms with van der Waals surface area (Å²) in [5, 5.41) is 17.6. The Bertz CT molecular complexity index is 1750. The van der Waals surface area contributed by atoms with Gasteiger partial charge in [0.15, 0.2) is 18.0 Å². The molecule has 17 heteroatoms. The number of fused-ring (bicyclic) bond motifs is 1. The average Bonchev–Trinajstić information content (AvgIpc) is 3.64. The summed E-state index contributed by atoms with van der Waals surface area (Å²) in [6.45, 7) is 9.06. The lowest BCUT2D eigenvalue weighted by Gasteiger charge is -2.31. The van der Waals surface area contributed by atoms with Crippen molar-refractivity contribution in [3.63, 3.8) is 0 Å². The molecule has 16 nitrogen and oxygen atoms in total. The van der Waals surface area contributed by atoms with E-state index in [4.69, 9.17) is 33.7 Å². The van der Waals surface area contributed by atoms with E-state index in [1.54, 1.807) is 58.0 Å². The van der Waals surface area contributed by atoms with Crippen LogP contribution in [0.3, 0.4) is 0 Å². The SMILES string of the molecule is CCCCOC(=O)[C@H](C)N[P@@](=O)(OC[C@@]1(C#N)O[C@@H](c2ccc3c(N)ncnn23)[C@H](OC(=O)C(C)C)[C@@H]1OC(=O)C(C)C)Oc1ccccc1. The van der Waals surface area contributed by atoms with Crippen molar-refractivity contribution < 1.29 is 46.9 Å². The van der Waals surface area contributed by atoms with Gasteiger partial charge < -0.3 is 29.2 Å². The Hall–Kier alpha value is -4.55. The Morgan fingerprint density at radius 1 is 1.06 bits per heavy atom. The second-order valence-electron chi connectivity index (χ2n) is 12.4. The highest BCUT2D eigenvalue weighted by atomic mass is 31.2. The van der Waals surface area contributed by atoms with Gasteiger partial charge in [0.05, 0.1) is 24.1 Å². The van der Waals surface area contributed by atoms with Crippen molar-refractivity contribution in [3.05, 3.63) is 54.5 Å². The number of nitrogens with two attached hydrogens (primary N) is 1. The third-order valence-corrected chi connectivity index (χ3v) is 9.31. The highest BCUT2D eigenvalue weighted by molar-refractivity contribution is 7.52. The first-order valence-electron chi connectivity index (χ1n) is 16.3. The van der Waals surface area contributed by atoms with Gasteiger partial charge in [-0.05, 0) is 37.6 Å². The molecule has 6 atom stereocenters. The lowest BCUT2D eigenvalue weighted by atomic mass is 9.95. The van der Waals surface area contributed by atoms with Crippen molar-refractivity contribution in [1.82, 2.24) is 19.7 Å². The van der Waals surface area contributed by atoms with Gasteiger partial charge in [-0.3, -0.25) is 18.9 Å². The third-order valence-electron chi connectivity index (χ3n) is 7.69. The maximum atomic E-state index is 14.4. The van der Waals surface area contributed by atoms with Crippen LogP contribution in [0, 0.1) is 23.2 Å². The number of unbranched alkanes of at least 4 members (excludes halogenated alkanes) is 1. The molecule has 3 N–H and O–H groups in total. The van der Waals surface area contributed by atoms with E-state index in [0.29, 0.717) is 11.9 Å². The van der Waals surface area contributed by atoms with Gasteiger partial charge in [0.2, 0.25) is 5.60 Å². The summed E-state index contributed by atoms with van der Waals surface area (Å²) in [4.78, 5) is 43.0. The Balaban J connectivity index is 1.77. The summed E-state index contributed by atoms with van der Waals surface area (Å²) in [5.41, 5.74) is 4.49. The Morgan fingerprint density at radius 2 is 1.74 bits per heavy atom. The minimum Gasteiger partial charge on any atom is -0.465 e. The zero-order valence-electron chi connectivity index (χ0n) is 28.8. The van der Waals surface area contributed by atoms with Crippen LogP contribution in [0.4, 0.5) is 5.82 Å². The average molecular weight is 715 g/mol. The first-order chi connectivity index (χ1) is 23.7. The van der Waals surface area contributed by atoms with Crippen LogP contribution in [-0.2, 0) is 42.4 Å². The van der Waals surface area contributed by atoms with Crippen molar-refractivity contribution in [2.24, 2.45) is 11.8 Å². The van der Waals surface area contributed by atoms with Crippen LogP contribution in [0.5, 0.6) is 5.75 Å². The number of para-hydroxylation sites is 1. The van der Waals surface area contributed by atoms with E-state index in [-0.39, 0.29) is 23.9 Å². The highest BCUT2D eigenvalue weighted by Gasteiger charge is 2.62. The largest absolute Gasteiger partial charge is 0.465 e. The molecule has 50 heavy (non-hydrogen) atoms. The summed E-state index contributed by atoms with van der Waals surface area (Å²) < 4.78 is 50.9. The maximum Gasteiger partial charge on any atom is 0.459 e. The summed E-state index contributed by atoms with van der Waals surface area (Å²) >= 11 is 0. The molecule has 0 saturated carbocycles. The minimum absolute atomic E-state index is 0.120. The number of carbonyl (C=O) groups excluding carboxylic acids is 3. The molecule has 0 radical (unpaired) electrons. The fourth-order valence-corrected chi connectivity index (χ4v) is 6.40. The molecule has 1 saturated heterocycles. The van der Waals surface area contributed by atoms with E-state index in [1.807, 2.05) is 13.0 Å². The van der Waals surface area contributed by atoms with E-state index in [2.05, 4.69) is 15.2 Å². The zero-order valence-corrected chi connectivity index (χ0v) is 29.7. The number of nitrogen functional groups attached to an aromatic ring is 1. The van der Waals surface area contributed by atoms with E-state index < -0.39 is 74.1 Å². The number of ether oxygens (including phenoxy) is 4. The molecule has 1 fully saturated rings. The van der Waals surface area contributed by atoms with Gasteiger partial charge in [0.1, 0.15) is 42.4 Å². The molecule has 270 valence electrons. The molecular formula is C33H43N6O10P. The first kappa shape index (κ1) is 38.3. The van der Waals surface area contributed by atoms with Crippen LogP contribution in [-0.4, -0.2) is 69.6 Å². The van der Waals surface area contributed by atoms with Crippen LogP contribution in [0.1, 0.15) is 66.2 Å². The lowest BCUT2D eigenvalue weighted by Crippen LogP contribution is -2.50. The number of hydrogen-bond donors (Lipinski definition) is 2. The van der Waals surface area contributed by atoms with Gasteiger partial charge >= 0.3 is 25.7 Å². The molecule has 2 aromatic heterocycles. The van der Waals surface area contributed by atoms with Gasteiger partial charge in [-0.15, -0.1) is 0 Å². The van der Waals surface area contributed by atoms with Crippen molar-refractivity contribution in [3.8, 4) is 11.8 Å². The van der Waals surface area contributed by atoms with Crippen LogP contribution >= 0.6 is 7.75 Å². The number of rotatable bonds is 16. The molecular weight excluding hydrogens is 671 g/mol. The Labute approximate surface area is 290 Å². The molecule has 3 heterocycles.